The molecule has 2 aliphatic rings. The van der Waals surface area contributed by atoms with Crippen LogP contribution in [0.15, 0.2) is 22.8 Å². The van der Waals surface area contributed by atoms with Gasteiger partial charge in [-0.15, -0.1) is 0 Å². The van der Waals surface area contributed by atoms with E-state index in [0.717, 1.165) is 23.5 Å². The Kier molecular flexibility index (Phi) is 3.98. The Balaban J connectivity index is 2.26. The molecule has 2 N–H and O–H groups in total. The van der Waals surface area contributed by atoms with Crippen LogP contribution in [0.5, 0.6) is 0 Å². The molecule has 1 aromatic heterocycles. The molecule has 1 aliphatic heterocycles. The topological polar surface area (TPSA) is 93.9 Å². The van der Waals surface area contributed by atoms with Gasteiger partial charge in [0.05, 0.1) is 11.6 Å². The molecule has 0 spiro atoms. The van der Waals surface area contributed by atoms with E-state index in [2.05, 4.69) is 11.2 Å². The van der Waals surface area contributed by atoms with Crippen molar-refractivity contribution in [3.63, 3.8) is 0 Å². The summed E-state index contributed by atoms with van der Waals surface area (Å²) in [6.07, 6.45) is 1.06. The van der Waals surface area contributed by atoms with Gasteiger partial charge in [0.1, 0.15) is 17.4 Å². The smallest absolute Gasteiger partial charge is 0.205 e. The molecule has 3 rings (SSSR count). The van der Waals surface area contributed by atoms with Crippen LogP contribution >= 0.6 is 0 Å². The molecule has 0 saturated heterocycles. The normalized spacial score (nSPS) is 22.6. The van der Waals surface area contributed by atoms with Gasteiger partial charge in [0.2, 0.25) is 5.88 Å². The molecule has 0 bridgehead atoms. The van der Waals surface area contributed by atoms with Crippen LogP contribution in [0.3, 0.4) is 0 Å². The van der Waals surface area contributed by atoms with Crippen LogP contribution in [0.25, 0.3) is 0 Å². The standard InChI is InChI=1S/C19H24N4O2/c1-6-23-11(3)15(10(2)22-23)16-12(9-20)18(21)25-14-8-19(4,5)7-13(24)17(14)16/h16H,6-8,21H2,1-5H3/t16-/m0/s1. The Morgan fingerprint density at radius 2 is 2.08 bits per heavy atom. The van der Waals surface area contributed by atoms with Gasteiger partial charge in [-0.2, -0.15) is 10.4 Å². The fraction of sp³-hybridized carbons (Fsp3) is 0.526. The SMILES string of the molecule is CCn1nc(C)c([C@@H]2C(C#N)=C(N)OC3=C2C(=O)CC(C)(C)C3)c1C. The zero-order valence-corrected chi connectivity index (χ0v) is 15.4. The van der Waals surface area contributed by atoms with E-state index in [-0.39, 0.29) is 17.1 Å². The molecule has 1 atom stereocenters. The van der Waals surface area contributed by atoms with Gasteiger partial charge in [0, 0.05) is 36.2 Å². The fourth-order valence-corrected chi connectivity index (χ4v) is 4.01. The molecule has 2 heterocycles. The minimum Gasteiger partial charge on any atom is -0.444 e. The number of nitriles is 1. The first kappa shape index (κ1) is 17.3. The number of rotatable bonds is 2. The van der Waals surface area contributed by atoms with E-state index in [4.69, 9.17) is 10.5 Å². The average Bonchev–Trinajstić information content (AvgIpc) is 2.78. The van der Waals surface area contributed by atoms with E-state index in [1.807, 2.05) is 39.3 Å². The third-order valence-electron chi connectivity index (χ3n) is 5.10. The van der Waals surface area contributed by atoms with E-state index in [1.165, 1.54) is 0 Å². The lowest BCUT2D eigenvalue weighted by Crippen LogP contribution is -2.33. The molecule has 132 valence electrons. The summed E-state index contributed by atoms with van der Waals surface area (Å²) in [7, 11) is 0. The highest BCUT2D eigenvalue weighted by Crippen LogP contribution is 2.48. The van der Waals surface area contributed by atoms with Crippen LogP contribution in [0.4, 0.5) is 0 Å². The van der Waals surface area contributed by atoms with Gasteiger partial charge in [-0.05, 0) is 26.2 Å². The van der Waals surface area contributed by atoms with Gasteiger partial charge in [-0.1, -0.05) is 13.8 Å². The van der Waals surface area contributed by atoms with Crippen molar-refractivity contribution in [3.8, 4) is 6.07 Å². The molecule has 0 fully saturated rings. The number of aryl methyl sites for hydroxylation is 2. The number of carbonyl (C=O) groups excluding carboxylic acids is 1. The zero-order valence-electron chi connectivity index (χ0n) is 15.4. The molecule has 6 heteroatoms. The average molecular weight is 340 g/mol. The van der Waals surface area contributed by atoms with E-state index in [1.54, 1.807) is 0 Å². The van der Waals surface area contributed by atoms with Gasteiger partial charge in [0.25, 0.3) is 0 Å². The quantitative estimate of drug-likeness (QED) is 0.893. The summed E-state index contributed by atoms with van der Waals surface area (Å²) < 4.78 is 7.62. The van der Waals surface area contributed by atoms with E-state index in [9.17, 15) is 10.1 Å². The number of nitrogens with zero attached hydrogens (tertiary/aromatic N) is 3. The summed E-state index contributed by atoms with van der Waals surface area (Å²) >= 11 is 0. The highest BCUT2D eigenvalue weighted by atomic mass is 16.5. The predicted octanol–water partition coefficient (Wildman–Crippen LogP) is 2.97. The number of nitrogens with two attached hydrogens (primary N) is 1. The minimum absolute atomic E-state index is 0.0274. The summed E-state index contributed by atoms with van der Waals surface area (Å²) in [5.74, 6) is 0.239. The van der Waals surface area contributed by atoms with E-state index >= 15 is 0 Å². The van der Waals surface area contributed by atoms with Crippen molar-refractivity contribution in [2.24, 2.45) is 11.1 Å². The molecule has 0 radical (unpaired) electrons. The summed E-state index contributed by atoms with van der Waals surface area (Å²) in [5.41, 5.74) is 9.42. The predicted molar refractivity (Wildman–Crippen MR) is 93.1 cm³/mol. The first-order valence-electron chi connectivity index (χ1n) is 8.58. The highest BCUT2D eigenvalue weighted by molar-refractivity contribution is 6.00. The summed E-state index contributed by atoms with van der Waals surface area (Å²) in [6.45, 7) is 10.7. The maximum absolute atomic E-state index is 13.0. The largest absolute Gasteiger partial charge is 0.444 e. The Labute approximate surface area is 147 Å². The molecule has 25 heavy (non-hydrogen) atoms. The molecule has 0 saturated carbocycles. The second-order valence-corrected chi connectivity index (χ2v) is 7.60. The minimum atomic E-state index is -0.488. The number of Topliss-reactive ketones (excluding diaryl/α,β-unsaturated/α-hetero) is 1. The lowest BCUT2D eigenvalue weighted by Gasteiger charge is -2.37. The summed E-state index contributed by atoms with van der Waals surface area (Å²) in [5, 5.41) is 14.2. The van der Waals surface area contributed by atoms with Crippen LogP contribution in [0.1, 0.15) is 56.5 Å². The number of carbonyl (C=O) groups is 1. The molecule has 1 aliphatic carbocycles. The highest BCUT2D eigenvalue weighted by Gasteiger charge is 2.44. The second-order valence-electron chi connectivity index (χ2n) is 7.60. The maximum atomic E-state index is 13.0. The van der Waals surface area contributed by atoms with E-state index in [0.29, 0.717) is 29.7 Å². The monoisotopic (exact) mass is 340 g/mol. The fourth-order valence-electron chi connectivity index (χ4n) is 4.01. The van der Waals surface area contributed by atoms with Crippen LogP contribution < -0.4 is 5.73 Å². The Morgan fingerprint density at radius 3 is 2.64 bits per heavy atom. The van der Waals surface area contributed by atoms with Gasteiger partial charge in [0.15, 0.2) is 5.78 Å². The van der Waals surface area contributed by atoms with Crippen LogP contribution in [-0.4, -0.2) is 15.6 Å². The molecule has 0 unspecified atom stereocenters. The number of ether oxygens (including phenoxy) is 1. The third-order valence-corrected chi connectivity index (χ3v) is 5.10. The first-order chi connectivity index (χ1) is 11.7. The van der Waals surface area contributed by atoms with Crippen LogP contribution in [0.2, 0.25) is 0 Å². The lowest BCUT2D eigenvalue weighted by molar-refractivity contribution is -0.119. The van der Waals surface area contributed by atoms with E-state index < -0.39 is 5.92 Å². The Bertz CT molecular complexity index is 865. The molecule has 1 aromatic rings. The lowest BCUT2D eigenvalue weighted by atomic mass is 9.70. The van der Waals surface area contributed by atoms with Crippen molar-refractivity contribution >= 4 is 5.78 Å². The molecular weight excluding hydrogens is 316 g/mol. The van der Waals surface area contributed by atoms with Crippen molar-refractivity contribution < 1.29 is 9.53 Å². The molecular formula is C19H24N4O2. The van der Waals surface area contributed by atoms with Crippen LogP contribution in [0, 0.1) is 30.6 Å². The van der Waals surface area contributed by atoms with Crippen LogP contribution in [-0.2, 0) is 16.1 Å². The zero-order chi connectivity index (χ0) is 18.5. The Hall–Kier alpha value is -2.55. The van der Waals surface area contributed by atoms with Crippen molar-refractivity contribution in [1.82, 2.24) is 9.78 Å². The second kappa shape index (κ2) is 5.76. The number of ketones is 1. The molecule has 0 amide bonds. The van der Waals surface area contributed by atoms with Crippen molar-refractivity contribution in [2.45, 2.75) is 59.9 Å². The van der Waals surface area contributed by atoms with Gasteiger partial charge in [-0.25, -0.2) is 0 Å². The van der Waals surface area contributed by atoms with Gasteiger partial charge >= 0.3 is 0 Å². The number of hydrogen-bond acceptors (Lipinski definition) is 5. The summed E-state index contributed by atoms with van der Waals surface area (Å²) in [4.78, 5) is 13.0. The van der Waals surface area contributed by atoms with Crippen molar-refractivity contribution in [1.29, 1.82) is 5.26 Å². The van der Waals surface area contributed by atoms with Crippen molar-refractivity contribution in [3.05, 3.63) is 39.7 Å². The number of allylic oxidation sites excluding steroid dienone is 3. The van der Waals surface area contributed by atoms with Gasteiger partial charge < -0.3 is 10.5 Å². The third kappa shape index (κ3) is 2.64. The van der Waals surface area contributed by atoms with Crippen molar-refractivity contribution in [2.75, 3.05) is 0 Å². The van der Waals surface area contributed by atoms with Gasteiger partial charge in [-0.3, -0.25) is 9.48 Å². The molecule has 0 aromatic carbocycles. The number of aromatic nitrogens is 2. The first-order valence-corrected chi connectivity index (χ1v) is 8.58. The Morgan fingerprint density at radius 1 is 1.40 bits per heavy atom. The number of hydrogen-bond donors (Lipinski definition) is 1. The summed E-state index contributed by atoms with van der Waals surface area (Å²) in [6, 6.07) is 2.16. The molecule has 6 nitrogen and oxygen atoms in total. The maximum Gasteiger partial charge on any atom is 0.205 e.